The molecule has 1 aromatic carbocycles. The molecule has 0 saturated carbocycles. The van der Waals surface area contributed by atoms with Crippen LogP contribution in [0.15, 0.2) is 24.3 Å². The minimum atomic E-state index is -0.163. The molecule has 0 radical (unpaired) electrons. The Bertz CT molecular complexity index is 334. The Morgan fingerprint density at radius 1 is 1.24 bits per heavy atom. The van der Waals surface area contributed by atoms with Gasteiger partial charge in [0.1, 0.15) is 5.82 Å². The van der Waals surface area contributed by atoms with E-state index in [1.165, 1.54) is 38.1 Å². The third-order valence-electron chi connectivity index (χ3n) is 3.26. The van der Waals surface area contributed by atoms with Crippen molar-refractivity contribution in [2.75, 3.05) is 17.6 Å². The molecule has 4 heteroatoms. The highest BCUT2D eigenvalue weighted by molar-refractivity contribution is 14.1. The van der Waals surface area contributed by atoms with Crippen molar-refractivity contribution >= 4 is 22.6 Å². The van der Waals surface area contributed by atoms with Crippen LogP contribution < -0.4 is 5.32 Å². The van der Waals surface area contributed by atoms with E-state index < -0.39 is 0 Å². The number of alkyl halides is 1. The maximum absolute atomic E-state index is 12.7. The van der Waals surface area contributed by atoms with Crippen LogP contribution in [-0.4, -0.2) is 28.6 Å². The summed E-state index contributed by atoms with van der Waals surface area (Å²) in [6, 6.07) is 7.36. The minimum absolute atomic E-state index is 0.163. The quantitative estimate of drug-likeness (QED) is 0.511. The molecule has 0 aliphatic carbocycles. The number of hydrogen-bond donors (Lipinski definition) is 1. The van der Waals surface area contributed by atoms with Gasteiger partial charge < -0.3 is 5.32 Å². The lowest BCUT2D eigenvalue weighted by atomic mass is 10.1. The van der Waals surface area contributed by atoms with Gasteiger partial charge >= 0.3 is 0 Å². The number of likely N-dealkylation sites (tertiary alicyclic amines) is 1. The summed E-state index contributed by atoms with van der Waals surface area (Å²) in [5.41, 5.74) is 1.16. The average molecular weight is 348 g/mol. The number of rotatable bonds is 4. The van der Waals surface area contributed by atoms with E-state index in [0.717, 1.165) is 16.7 Å². The first-order valence-electron chi connectivity index (χ1n) is 6.04. The van der Waals surface area contributed by atoms with Crippen molar-refractivity contribution < 1.29 is 4.39 Å². The molecule has 0 bridgehead atoms. The molecule has 1 N–H and O–H groups in total. The molecule has 2 nitrogen and oxygen atoms in total. The zero-order chi connectivity index (χ0) is 12.1. The Hall–Kier alpha value is -0.200. The number of nitrogens with zero attached hydrogens (tertiary/aromatic N) is 1. The molecule has 1 aliphatic heterocycles. The van der Waals surface area contributed by atoms with E-state index >= 15 is 0 Å². The summed E-state index contributed by atoms with van der Waals surface area (Å²) in [5, 5.41) is 3.55. The molecule has 17 heavy (non-hydrogen) atoms. The summed E-state index contributed by atoms with van der Waals surface area (Å²) in [7, 11) is 0. The predicted octanol–water partition coefficient (Wildman–Crippen LogP) is 2.77. The van der Waals surface area contributed by atoms with Crippen molar-refractivity contribution in [2.24, 2.45) is 0 Å². The minimum Gasteiger partial charge on any atom is -0.310 e. The Balaban J connectivity index is 1.74. The van der Waals surface area contributed by atoms with Gasteiger partial charge in [0.05, 0.1) is 4.55 Å². The van der Waals surface area contributed by atoms with E-state index in [9.17, 15) is 4.39 Å². The fourth-order valence-corrected chi connectivity index (χ4v) is 2.80. The van der Waals surface area contributed by atoms with Gasteiger partial charge in [0.25, 0.3) is 0 Å². The molecule has 0 spiro atoms. The largest absolute Gasteiger partial charge is 0.310 e. The van der Waals surface area contributed by atoms with Crippen LogP contribution in [0.3, 0.4) is 0 Å². The van der Waals surface area contributed by atoms with Gasteiger partial charge in [-0.25, -0.2) is 4.39 Å². The van der Waals surface area contributed by atoms with Crippen LogP contribution >= 0.6 is 22.6 Å². The highest BCUT2D eigenvalue weighted by atomic mass is 127. The van der Waals surface area contributed by atoms with Crippen molar-refractivity contribution in [1.29, 1.82) is 0 Å². The summed E-state index contributed by atoms with van der Waals surface area (Å²) < 4.78 is 13.9. The normalized spacial score (nSPS) is 18.5. The van der Waals surface area contributed by atoms with Crippen molar-refractivity contribution in [1.82, 2.24) is 10.2 Å². The molecule has 2 rings (SSSR count). The van der Waals surface area contributed by atoms with Crippen LogP contribution in [0, 0.1) is 5.82 Å². The van der Waals surface area contributed by atoms with Gasteiger partial charge in [-0.05, 0) is 30.5 Å². The fourth-order valence-electron chi connectivity index (χ4n) is 2.12. The number of hydrogen-bond acceptors (Lipinski definition) is 2. The van der Waals surface area contributed by atoms with Gasteiger partial charge in [0, 0.05) is 25.7 Å². The molecule has 1 aliphatic rings. The van der Waals surface area contributed by atoms with Gasteiger partial charge in [-0.3, -0.25) is 4.90 Å². The zero-order valence-corrected chi connectivity index (χ0v) is 12.0. The van der Waals surface area contributed by atoms with E-state index in [1.807, 2.05) is 12.1 Å². The lowest BCUT2D eigenvalue weighted by Crippen LogP contribution is -2.41. The highest BCUT2D eigenvalue weighted by Crippen LogP contribution is 2.12. The Kier molecular flexibility index (Phi) is 5.18. The Labute approximate surface area is 116 Å². The van der Waals surface area contributed by atoms with Gasteiger partial charge in [-0.15, -0.1) is 0 Å². The van der Waals surface area contributed by atoms with Crippen LogP contribution in [-0.2, 0) is 6.54 Å². The molecule has 1 fully saturated rings. The summed E-state index contributed by atoms with van der Waals surface area (Å²) in [6.07, 6.45) is 2.42. The summed E-state index contributed by atoms with van der Waals surface area (Å²) in [5.74, 6) is -0.163. The maximum atomic E-state index is 12.7. The molecular weight excluding hydrogens is 330 g/mol. The molecule has 0 aromatic heterocycles. The fraction of sp³-hybridized carbons (Fsp3) is 0.538. The van der Waals surface area contributed by atoms with Gasteiger partial charge in [0.2, 0.25) is 0 Å². The van der Waals surface area contributed by atoms with Crippen LogP contribution in [0.25, 0.3) is 0 Å². The Morgan fingerprint density at radius 2 is 1.88 bits per heavy atom. The van der Waals surface area contributed by atoms with Crippen molar-refractivity contribution in [3.8, 4) is 0 Å². The first-order chi connectivity index (χ1) is 8.28. The van der Waals surface area contributed by atoms with E-state index in [1.54, 1.807) is 0 Å². The SMILES string of the molecule is Fc1ccc(CNC2CCN(CI)CC2)cc1. The molecule has 0 unspecified atom stereocenters. The summed E-state index contributed by atoms with van der Waals surface area (Å²) >= 11 is 2.42. The number of piperidine rings is 1. The smallest absolute Gasteiger partial charge is 0.123 e. The highest BCUT2D eigenvalue weighted by Gasteiger charge is 2.17. The third-order valence-corrected chi connectivity index (χ3v) is 4.23. The lowest BCUT2D eigenvalue weighted by molar-refractivity contribution is 0.230. The zero-order valence-electron chi connectivity index (χ0n) is 9.83. The van der Waals surface area contributed by atoms with Crippen LogP contribution in [0.2, 0.25) is 0 Å². The number of halogens is 2. The molecular formula is C13H18FIN2. The topological polar surface area (TPSA) is 15.3 Å². The molecule has 1 saturated heterocycles. The second-order valence-corrected chi connectivity index (χ2v) is 5.20. The molecule has 0 amide bonds. The van der Waals surface area contributed by atoms with Crippen molar-refractivity contribution in [2.45, 2.75) is 25.4 Å². The molecule has 94 valence electrons. The van der Waals surface area contributed by atoms with Crippen LogP contribution in [0.5, 0.6) is 0 Å². The van der Waals surface area contributed by atoms with Gasteiger partial charge in [0.15, 0.2) is 0 Å². The molecule has 1 heterocycles. The summed E-state index contributed by atoms with van der Waals surface area (Å²) in [6.45, 7) is 3.21. The standard InChI is InChI=1S/C13H18FIN2/c14-12-3-1-11(2-4-12)9-16-13-5-7-17(10-15)8-6-13/h1-4,13,16H,5-10H2. The predicted molar refractivity (Wildman–Crippen MR) is 76.7 cm³/mol. The van der Waals surface area contributed by atoms with Gasteiger partial charge in [-0.1, -0.05) is 34.7 Å². The third kappa shape index (κ3) is 4.19. The lowest BCUT2D eigenvalue weighted by Gasteiger charge is -2.31. The first kappa shape index (κ1) is 13.2. The van der Waals surface area contributed by atoms with E-state index in [0.29, 0.717) is 6.04 Å². The van der Waals surface area contributed by atoms with Crippen molar-refractivity contribution in [3.63, 3.8) is 0 Å². The second kappa shape index (κ2) is 6.66. The van der Waals surface area contributed by atoms with E-state index in [4.69, 9.17) is 0 Å². The number of benzene rings is 1. The van der Waals surface area contributed by atoms with E-state index in [-0.39, 0.29) is 5.82 Å². The molecule has 0 atom stereocenters. The molecule has 1 aromatic rings. The number of nitrogens with one attached hydrogen (secondary N) is 1. The second-order valence-electron chi connectivity index (χ2n) is 4.52. The van der Waals surface area contributed by atoms with Crippen LogP contribution in [0.4, 0.5) is 4.39 Å². The van der Waals surface area contributed by atoms with Crippen LogP contribution in [0.1, 0.15) is 18.4 Å². The van der Waals surface area contributed by atoms with Crippen molar-refractivity contribution in [3.05, 3.63) is 35.6 Å². The first-order valence-corrected chi connectivity index (χ1v) is 7.56. The van der Waals surface area contributed by atoms with E-state index in [2.05, 4.69) is 32.8 Å². The Morgan fingerprint density at radius 3 is 2.47 bits per heavy atom. The average Bonchev–Trinajstić information content (AvgIpc) is 2.39. The maximum Gasteiger partial charge on any atom is 0.123 e. The van der Waals surface area contributed by atoms with Gasteiger partial charge in [-0.2, -0.15) is 0 Å². The summed E-state index contributed by atoms with van der Waals surface area (Å²) in [4.78, 5) is 2.47. The monoisotopic (exact) mass is 348 g/mol.